The molecule has 1 aliphatic carbocycles. The van der Waals surface area contributed by atoms with E-state index in [2.05, 4.69) is 31.5 Å². The summed E-state index contributed by atoms with van der Waals surface area (Å²) in [7, 11) is 0. The third-order valence-corrected chi connectivity index (χ3v) is 4.97. The van der Waals surface area contributed by atoms with Crippen LogP contribution in [0.15, 0.2) is 47.2 Å². The highest BCUT2D eigenvalue weighted by atomic mass is 79.9. The van der Waals surface area contributed by atoms with Gasteiger partial charge in [0.25, 0.3) is 0 Å². The minimum Gasteiger partial charge on any atom is -0.352 e. The number of rotatable bonds is 5. The smallest absolute Gasteiger partial charge is 0.228 e. The van der Waals surface area contributed by atoms with E-state index in [1.807, 2.05) is 37.3 Å². The van der Waals surface area contributed by atoms with Crippen LogP contribution in [-0.4, -0.2) is 16.8 Å². The number of aromatic nitrogens is 1. The molecule has 0 bridgehead atoms. The monoisotopic (exact) mass is 387 g/mol. The highest BCUT2D eigenvalue weighted by Crippen LogP contribution is 2.39. The largest absolute Gasteiger partial charge is 0.352 e. The van der Waals surface area contributed by atoms with Gasteiger partial charge in [-0.25, -0.2) is 0 Å². The Bertz CT molecular complexity index is 764. The molecule has 0 saturated heterocycles. The van der Waals surface area contributed by atoms with E-state index in [1.54, 1.807) is 12.4 Å². The first-order valence-electron chi connectivity index (χ1n) is 7.78. The summed E-state index contributed by atoms with van der Waals surface area (Å²) >= 11 is 3.45. The van der Waals surface area contributed by atoms with Crippen LogP contribution in [0, 0.1) is 18.8 Å². The first-order chi connectivity index (χ1) is 11.5. The minimum absolute atomic E-state index is 0.0722. The van der Waals surface area contributed by atoms with Crippen molar-refractivity contribution in [2.24, 2.45) is 11.8 Å². The van der Waals surface area contributed by atoms with Gasteiger partial charge in [0.1, 0.15) is 0 Å². The van der Waals surface area contributed by atoms with Crippen LogP contribution in [0.2, 0.25) is 0 Å². The molecule has 1 aliphatic rings. The van der Waals surface area contributed by atoms with E-state index < -0.39 is 0 Å². The van der Waals surface area contributed by atoms with Gasteiger partial charge in [-0.05, 0) is 48.7 Å². The van der Waals surface area contributed by atoms with Crippen LogP contribution < -0.4 is 10.6 Å². The molecule has 3 rings (SSSR count). The van der Waals surface area contributed by atoms with Gasteiger partial charge >= 0.3 is 0 Å². The molecule has 0 spiro atoms. The van der Waals surface area contributed by atoms with Crippen LogP contribution in [0.3, 0.4) is 0 Å². The molecule has 5 nitrogen and oxygen atoms in total. The fourth-order valence-corrected chi connectivity index (χ4v) is 2.88. The van der Waals surface area contributed by atoms with Crippen molar-refractivity contribution in [3.05, 3.63) is 58.3 Å². The van der Waals surface area contributed by atoms with Crippen molar-refractivity contribution in [1.82, 2.24) is 10.3 Å². The number of nitrogens with one attached hydrogen (secondary N) is 2. The second-order valence-corrected chi connectivity index (χ2v) is 6.83. The van der Waals surface area contributed by atoms with Crippen molar-refractivity contribution < 1.29 is 9.59 Å². The predicted molar refractivity (Wildman–Crippen MR) is 95.2 cm³/mol. The van der Waals surface area contributed by atoms with Gasteiger partial charge in [0, 0.05) is 29.1 Å². The molecule has 24 heavy (non-hydrogen) atoms. The Morgan fingerprint density at radius 1 is 1.17 bits per heavy atom. The summed E-state index contributed by atoms with van der Waals surface area (Å²) in [4.78, 5) is 28.3. The molecule has 2 N–H and O–H groups in total. The highest BCUT2D eigenvalue weighted by Gasteiger charge is 2.47. The topological polar surface area (TPSA) is 71.1 Å². The van der Waals surface area contributed by atoms with E-state index in [-0.39, 0.29) is 23.7 Å². The molecule has 2 unspecified atom stereocenters. The lowest BCUT2D eigenvalue weighted by molar-refractivity contribution is -0.125. The zero-order chi connectivity index (χ0) is 17.1. The second-order valence-electron chi connectivity index (χ2n) is 5.98. The van der Waals surface area contributed by atoms with Gasteiger partial charge in [-0.1, -0.05) is 22.0 Å². The Hall–Kier alpha value is -2.21. The molecule has 6 heteroatoms. The van der Waals surface area contributed by atoms with Crippen LogP contribution in [0.4, 0.5) is 5.69 Å². The Labute approximate surface area is 149 Å². The molecule has 0 aliphatic heterocycles. The lowest BCUT2D eigenvalue weighted by Crippen LogP contribution is -2.27. The summed E-state index contributed by atoms with van der Waals surface area (Å²) in [6, 6.07) is 9.37. The number of carbonyl (C=O) groups excluding carboxylic acids is 2. The quantitative estimate of drug-likeness (QED) is 0.827. The maximum absolute atomic E-state index is 12.2. The molecule has 2 amide bonds. The van der Waals surface area contributed by atoms with Crippen molar-refractivity contribution in [1.29, 1.82) is 0 Å². The van der Waals surface area contributed by atoms with Crippen LogP contribution in [-0.2, 0) is 16.1 Å². The number of anilines is 1. The van der Waals surface area contributed by atoms with Crippen molar-refractivity contribution in [3.63, 3.8) is 0 Å². The number of aryl methyl sites for hydroxylation is 1. The molecule has 1 heterocycles. The summed E-state index contributed by atoms with van der Waals surface area (Å²) in [5, 5.41) is 5.75. The van der Waals surface area contributed by atoms with Crippen LogP contribution in [0.5, 0.6) is 0 Å². The molecule has 1 saturated carbocycles. The van der Waals surface area contributed by atoms with Crippen LogP contribution >= 0.6 is 15.9 Å². The van der Waals surface area contributed by atoms with Gasteiger partial charge in [0.2, 0.25) is 11.8 Å². The standard InChI is InChI=1S/C18H18BrN3O2/c1-11-2-3-13(8-16(11)19)22-18(24)15-9-14(15)17(23)21-10-12-4-6-20-7-5-12/h2-8,14-15H,9-10H2,1H3,(H,21,23)(H,22,24). The lowest BCUT2D eigenvalue weighted by Gasteiger charge is -2.07. The molecular formula is C18H18BrN3O2. The normalized spacial score (nSPS) is 18.8. The predicted octanol–water partition coefficient (Wildman–Crippen LogP) is 3.04. The molecule has 2 atom stereocenters. The summed E-state index contributed by atoms with van der Waals surface area (Å²) in [5.41, 5.74) is 2.83. The average Bonchev–Trinajstić information content (AvgIpc) is 3.38. The first kappa shape index (κ1) is 16.6. The van der Waals surface area contributed by atoms with Crippen molar-refractivity contribution >= 4 is 33.4 Å². The van der Waals surface area contributed by atoms with Gasteiger partial charge in [0.05, 0.1) is 11.8 Å². The lowest BCUT2D eigenvalue weighted by atomic mass is 10.2. The van der Waals surface area contributed by atoms with Crippen LogP contribution in [0.1, 0.15) is 17.5 Å². The number of pyridine rings is 1. The number of amides is 2. The van der Waals surface area contributed by atoms with Crippen molar-refractivity contribution in [2.45, 2.75) is 19.9 Å². The fraction of sp³-hybridized carbons (Fsp3) is 0.278. The van der Waals surface area contributed by atoms with Gasteiger partial charge in [-0.2, -0.15) is 0 Å². The zero-order valence-electron chi connectivity index (χ0n) is 13.3. The van der Waals surface area contributed by atoms with Gasteiger partial charge in [-0.15, -0.1) is 0 Å². The van der Waals surface area contributed by atoms with Crippen molar-refractivity contribution in [3.8, 4) is 0 Å². The maximum atomic E-state index is 12.2. The number of halogens is 1. The Morgan fingerprint density at radius 3 is 2.58 bits per heavy atom. The summed E-state index contributed by atoms with van der Waals surface area (Å²) in [6.07, 6.45) is 3.98. The van der Waals surface area contributed by atoms with E-state index in [9.17, 15) is 9.59 Å². The van der Waals surface area contributed by atoms with Gasteiger partial charge < -0.3 is 10.6 Å². The Morgan fingerprint density at radius 2 is 1.88 bits per heavy atom. The van der Waals surface area contributed by atoms with Gasteiger partial charge in [0.15, 0.2) is 0 Å². The molecule has 124 valence electrons. The minimum atomic E-state index is -0.248. The second kappa shape index (κ2) is 7.13. The Kier molecular flexibility index (Phi) is 4.94. The number of benzene rings is 1. The highest BCUT2D eigenvalue weighted by molar-refractivity contribution is 9.10. The maximum Gasteiger partial charge on any atom is 0.228 e. The molecule has 1 aromatic heterocycles. The summed E-state index contributed by atoms with van der Waals surface area (Å²) < 4.78 is 0.947. The molecular weight excluding hydrogens is 370 g/mol. The van der Waals surface area contributed by atoms with Crippen molar-refractivity contribution in [2.75, 3.05) is 5.32 Å². The Balaban J connectivity index is 1.49. The van der Waals surface area contributed by atoms with E-state index in [4.69, 9.17) is 0 Å². The van der Waals surface area contributed by atoms with E-state index >= 15 is 0 Å². The number of nitrogens with zero attached hydrogens (tertiary/aromatic N) is 1. The number of hydrogen-bond donors (Lipinski definition) is 2. The third-order valence-electron chi connectivity index (χ3n) is 4.12. The fourth-order valence-electron chi connectivity index (χ4n) is 2.50. The first-order valence-corrected chi connectivity index (χ1v) is 8.57. The number of hydrogen-bond acceptors (Lipinski definition) is 3. The zero-order valence-corrected chi connectivity index (χ0v) is 14.8. The summed E-state index contributed by atoms with van der Waals surface area (Å²) in [5.74, 6) is -0.657. The molecule has 1 aromatic carbocycles. The third kappa shape index (κ3) is 4.00. The van der Waals surface area contributed by atoms with E-state index in [0.717, 1.165) is 21.3 Å². The molecule has 2 aromatic rings. The van der Waals surface area contributed by atoms with E-state index in [1.165, 1.54) is 0 Å². The van der Waals surface area contributed by atoms with Crippen LogP contribution in [0.25, 0.3) is 0 Å². The molecule has 0 radical (unpaired) electrons. The SMILES string of the molecule is Cc1ccc(NC(=O)C2CC2C(=O)NCc2ccncc2)cc1Br. The molecule has 1 fully saturated rings. The average molecular weight is 388 g/mol. The van der Waals surface area contributed by atoms with E-state index in [0.29, 0.717) is 13.0 Å². The summed E-state index contributed by atoms with van der Waals surface area (Å²) in [6.45, 7) is 2.44. The van der Waals surface area contributed by atoms with Gasteiger partial charge in [-0.3, -0.25) is 14.6 Å². The number of carbonyl (C=O) groups is 2.